The van der Waals surface area contributed by atoms with Gasteiger partial charge in [-0.3, -0.25) is 14.5 Å². The zero-order valence-corrected chi connectivity index (χ0v) is 20.6. The molecule has 0 saturated heterocycles. The Kier molecular flexibility index (Phi) is 8.41. The molecule has 0 unspecified atom stereocenters. The first kappa shape index (κ1) is 25.1. The van der Waals surface area contributed by atoms with Crippen molar-refractivity contribution < 1.29 is 23.5 Å². The molecule has 36 heavy (non-hydrogen) atoms. The number of nitrogens with zero attached hydrogens (tertiary/aromatic N) is 1. The van der Waals surface area contributed by atoms with Gasteiger partial charge in [-0.05, 0) is 54.3 Å². The number of ether oxygens (including phenoxy) is 2. The van der Waals surface area contributed by atoms with Gasteiger partial charge in [-0.25, -0.2) is 0 Å². The number of methoxy groups -OCH3 is 2. The average Bonchev–Trinajstić information content (AvgIpc) is 3.43. The van der Waals surface area contributed by atoms with Gasteiger partial charge < -0.3 is 24.5 Å². The Morgan fingerprint density at radius 1 is 1.03 bits per heavy atom. The van der Waals surface area contributed by atoms with Crippen LogP contribution in [0.4, 0.5) is 0 Å². The SMILES string of the molecule is COc1ccc(C(=O)N/C(=C\c2ccco2)C(=O)NCCCN2CCc3ccccc3C2)cc1OC. The fourth-order valence-electron chi connectivity index (χ4n) is 4.19. The standard InChI is InChI=1S/C28H31N3O5/c1-34-25-11-10-21(17-26(25)35-2)27(32)30-24(18-23-9-5-16-36-23)28(33)29-13-6-14-31-15-12-20-7-3-4-8-22(20)19-31/h3-5,7-11,16-18H,6,12-15,19H2,1-2H3,(H,29,33)(H,30,32)/b24-18-. The monoisotopic (exact) mass is 489 g/mol. The van der Waals surface area contributed by atoms with E-state index >= 15 is 0 Å². The highest BCUT2D eigenvalue weighted by atomic mass is 16.5. The fourth-order valence-corrected chi connectivity index (χ4v) is 4.19. The Hall–Kier alpha value is -4.04. The molecular formula is C28H31N3O5. The predicted molar refractivity (Wildman–Crippen MR) is 137 cm³/mol. The van der Waals surface area contributed by atoms with E-state index in [4.69, 9.17) is 13.9 Å². The molecule has 0 saturated carbocycles. The van der Waals surface area contributed by atoms with Gasteiger partial charge in [0.05, 0.1) is 20.5 Å². The van der Waals surface area contributed by atoms with Gasteiger partial charge in [0, 0.05) is 37.8 Å². The van der Waals surface area contributed by atoms with Gasteiger partial charge in [0.1, 0.15) is 11.5 Å². The van der Waals surface area contributed by atoms with Crippen molar-refractivity contribution in [1.29, 1.82) is 0 Å². The van der Waals surface area contributed by atoms with Crippen LogP contribution in [-0.4, -0.2) is 50.6 Å². The quantitative estimate of drug-likeness (QED) is 0.334. The largest absolute Gasteiger partial charge is 0.493 e. The summed E-state index contributed by atoms with van der Waals surface area (Å²) < 4.78 is 15.9. The molecule has 0 atom stereocenters. The summed E-state index contributed by atoms with van der Waals surface area (Å²) in [6, 6.07) is 16.8. The van der Waals surface area contributed by atoms with Crippen LogP contribution in [0.25, 0.3) is 6.08 Å². The highest BCUT2D eigenvalue weighted by molar-refractivity contribution is 6.05. The summed E-state index contributed by atoms with van der Waals surface area (Å²) in [4.78, 5) is 28.3. The molecule has 2 aromatic carbocycles. The summed E-state index contributed by atoms with van der Waals surface area (Å²) in [5.41, 5.74) is 3.21. The molecular weight excluding hydrogens is 458 g/mol. The van der Waals surface area contributed by atoms with Crippen LogP contribution in [0.5, 0.6) is 11.5 Å². The van der Waals surface area contributed by atoms with Crippen LogP contribution in [0, 0.1) is 0 Å². The van der Waals surface area contributed by atoms with Crippen molar-refractivity contribution in [1.82, 2.24) is 15.5 Å². The molecule has 0 spiro atoms. The van der Waals surface area contributed by atoms with Crippen molar-refractivity contribution in [3.63, 3.8) is 0 Å². The topological polar surface area (TPSA) is 93.0 Å². The Labute approximate surface area is 210 Å². The van der Waals surface area contributed by atoms with Gasteiger partial charge >= 0.3 is 0 Å². The Morgan fingerprint density at radius 3 is 2.58 bits per heavy atom. The van der Waals surface area contributed by atoms with Gasteiger partial charge in [-0.15, -0.1) is 0 Å². The van der Waals surface area contributed by atoms with E-state index in [1.807, 2.05) is 0 Å². The summed E-state index contributed by atoms with van der Waals surface area (Å²) in [5.74, 6) is 0.557. The van der Waals surface area contributed by atoms with E-state index in [2.05, 4.69) is 39.8 Å². The van der Waals surface area contributed by atoms with Crippen LogP contribution in [0.15, 0.2) is 71.0 Å². The average molecular weight is 490 g/mol. The molecule has 3 aromatic rings. The number of carbonyl (C=O) groups is 2. The number of rotatable bonds is 10. The minimum Gasteiger partial charge on any atom is -0.493 e. The normalized spacial score (nSPS) is 13.6. The molecule has 2 N–H and O–H groups in total. The second-order valence-corrected chi connectivity index (χ2v) is 8.50. The van der Waals surface area contributed by atoms with Crippen LogP contribution in [0.2, 0.25) is 0 Å². The number of hydrogen-bond donors (Lipinski definition) is 2. The van der Waals surface area contributed by atoms with Gasteiger partial charge in [-0.1, -0.05) is 24.3 Å². The van der Waals surface area contributed by atoms with Crippen LogP contribution in [0.1, 0.15) is 33.7 Å². The van der Waals surface area contributed by atoms with Crippen molar-refractivity contribution in [2.24, 2.45) is 0 Å². The van der Waals surface area contributed by atoms with Crippen molar-refractivity contribution in [3.05, 3.63) is 89.0 Å². The number of furan rings is 1. The van der Waals surface area contributed by atoms with Crippen molar-refractivity contribution in [2.45, 2.75) is 19.4 Å². The number of benzene rings is 2. The highest BCUT2D eigenvalue weighted by Crippen LogP contribution is 2.27. The molecule has 1 aliphatic heterocycles. The van der Waals surface area contributed by atoms with Gasteiger partial charge in [-0.2, -0.15) is 0 Å². The molecule has 188 valence electrons. The maximum Gasteiger partial charge on any atom is 0.267 e. The maximum absolute atomic E-state index is 13.0. The van der Waals surface area contributed by atoms with E-state index in [0.717, 1.165) is 32.5 Å². The molecule has 8 heteroatoms. The first-order chi connectivity index (χ1) is 17.6. The third-order valence-corrected chi connectivity index (χ3v) is 6.11. The van der Waals surface area contributed by atoms with Crippen LogP contribution in [0.3, 0.4) is 0 Å². The molecule has 1 aliphatic rings. The zero-order valence-electron chi connectivity index (χ0n) is 20.6. The third kappa shape index (κ3) is 6.34. The lowest BCUT2D eigenvalue weighted by Gasteiger charge is -2.28. The van der Waals surface area contributed by atoms with E-state index < -0.39 is 5.91 Å². The zero-order chi connectivity index (χ0) is 25.3. The lowest BCUT2D eigenvalue weighted by molar-refractivity contribution is -0.117. The summed E-state index contributed by atoms with van der Waals surface area (Å²) in [6.07, 6.45) is 4.86. The second-order valence-electron chi connectivity index (χ2n) is 8.50. The molecule has 0 radical (unpaired) electrons. The number of nitrogens with one attached hydrogen (secondary N) is 2. The minimum absolute atomic E-state index is 0.0941. The molecule has 4 rings (SSSR count). The molecule has 0 fully saturated rings. The number of fused-ring (bicyclic) bond motifs is 1. The lowest BCUT2D eigenvalue weighted by atomic mass is 10.00. The van der Waals surface area contributed by atoms with Crippen molar-refractivity contribution in [2.75, 3.05) is 33.9 Å². The Bertz CT molecular complexity index is 1220. The summed E-state index contributed by atoms with van der Waals surface area (Å²) in [6.45, 7) is 3.30. The van der Waals surface area contributed by atoms with E-state index in [0.29, 0.717) is 29.4 Å². The smallest absolute Gasteiger partial charge is 0.267 e. The van der Waals surface area contributed by atoms with E-state index in [1.165, 1.54) is 37.7 Å². The van der Waals surface area contributed by atoms with Gasteiger partial charge in [0.25, 0.3) is 11.8 Å². The van der Waals surface area contributed by atoms with Crippen molar-refractivity contribution in [3.8, 4) is 11.5 Å². The summed E-state index contributed by atoms with van der Waals surface area (Å²) in [7, 11) is 3.02. The summed E-state index contributed by atoms with van der Waals surface area (Å²) >= 11 is 0. The van der Waals surface area contributed by atoms with Gasteiger partial charge in [0.2, 0.25) is 0 Å². The highest BCUT2D eigenvalue weighted by Gasteiger charge is 2.18. The van der Waals surface area contributed by atoms with Crippen LogP contribution < -0.4 is 20.1 Å². The first-order valence-corrected chi connectivity index (χ1v) is 11.9. The van der Waals surface area contributed by atoms with E-state index in [1.54, 1.807) is 30.3 Å². The van der Waals surface area contributed by atoms with Crippen LogP contribution >= 0.6 is 0 Å². The second kappa shape index (κ2) is 12.1. The summed E-state index contributed by atoms with van der Waals surface area (Å²) in [5, 5.41) is 5.62. The molecule has 1 aromatic heterocycles. The predicted octanol–water partition coefficient (Wildman–Crippen LogP) is 3.63. The maximum atomic E-state index is 13.0. The lowest BCUT2D eigenvalue weighted by Crippen LogP contribution is -2.37. The van der Waals surface area contributed by atoms with Crippen molar-refractivity contribution >= 4 is 17.9 Å². The Balaban J connectivity index is 1.35. The molecule has 0 bridgehead atoms. The van der Waals surface area contributed by atoms with Gasteiger partial charge in [0.15, 0.2) is 11.5 Å². The van der Waals surface area contributed by atoms with E-state index in [9.17, 15) is 9.59 Å². The molecule has 0 aliphatic carbocycles. The molecule has 2 heterocycles. The fraction of sp³-hybridized carbons (Fsp3) is 0.286. The number of hydrogen-bond acceptors (Lipinski definition) is 6. The number of amides is 2. The Morgan fingerprint density at radius 2 is 1.83 bits per heavy atom. The van der Waals surface area contributed by atoms with Crippen LogP contribution in [-0.2, 0) is 17.8 Å². The third-order valence-electron chi connectivity index (χ3n) is 6.11. The minimum atomic E-state index is -0.448. The molecule has 8 nitrogen and oxygen atoms in total. The first-order valence-electron chi connectivity index (χ1n) is 11.9. The number of carbonyl (C=O) groups excluding carboxylic acids is 2. The molecule has 2 amide bonds. The van der Waals surface area contributed by atoms with E-state index in [-0.39, 0.29) is 11.6 Å².